The third kappa shape index (κ3) is 4.28. The SMILES string of the molecule is CC(C)CCc1nc(C(N)CN(C)C)no1. The minimum atomic E-state index is -0.174. The number of rotatable bonds is 6. The molecule has 0 bridgehead atoms. The van der Waals surface area contributed by atoms with E-state index in [-0.39, 0.29) is 6.04 Å². The molecule has 0 fully saturated rings. The van der Waals surface area contributed by atoms with Gasteiger partial charge in [-0.25, -0.2) is 0 Å². The van der Waals surface area contributed by atoms with Gasteiger partial charge in [0.1, 0.15) is 0 Å². The summed E-state index contributed by atoms with van der Waals surface area (Å²) in [5, 5.41) is 3.91. The predicted octanol–water partition coefficient (Wildman–Crippen LogP) is 1.22. The first-order valence-electron chi connectivity index (χ1n) is 5.71. The van der Waals surface area contributed by atoms with Gasteiger partial charge < -0.3 is 15.2 Å². The summed E-state index contributed by atoms with van der Waals surface area (Å²) in [6.07, 6.45) is 1.89. The molecule has 0 spiro atoms. The van der Waals surface area contributed by atoms with Crippen LogP contribution in [-0.4, -0.2) is 35.7 Å². The van der Waals surface area contributed by atoms with Gasteiger partial charge in [-0.3, -0.25) is 0 Å². The van der Waals surface area contributed by atoms with Crippen LogP contribution in [0.15, 0.2) is 4.52 Å². The van der Waals surface area contributed by atoms with Gasteiger partial charge in [0.25, 0.3) is 0 Å². The molecule has 0 radical (unpaired) electrons. The summed E-state index contributed by atoms with van der Waals surface area (Å²) >= 11 is 0. The average Bonchev–Trinajstić information content (AvgIpc) is 2.61. The molecule has 0 aromatic carbocycles. The molecule has 0 aliphatic rings. The van der Waals surface area contributed by atoms with Gasteiger partial charge in [-0.1, -0.05) is 19.0 Å². The number of hydrogen-bond acceptors (Lipinski definition) is 5. The highest BCUT2D eigenvalue weighted by Crippen LogP contribution is 2.10. The van der Waals surface area contributed by atoms with Crippen molar-refractivity contribution in [2.75, 3.05) is 20.6 Å². The molecule has 5 heteroatoms. The summed E-state index contributed by atoms with van der Waals surface area (Å²) in [6.45, 7) is 5.08. The topological polar surface area (TPSA) is 68.2 Å². The first-order valence-corrected chi connectivity index (χ1v) is 5.71. The Labute approximate surface area is 97.0 Å². The summed E-state index contributed by atoms with van der Waals surface area (Å²) < 4.78 is 5.16. The molecule has 0 saturated carbocycles. The van der Waals surface area contributed by atoms with Gasteiger partial charge in [0.05, 0.1) is 6.04 Å². The number of hydrogen-bond donors (Lipinski definition) is 1. The molecule has 0 amide bonds. The second kappa shape index (κ2) is 5.96. The Morgan fingerprint density at radius 3 is 2.62 bits per heavy atom. The van der Waals surface area contributed by atoms with E-state index in [0.717, 1.165) is 19.4 Å². The molecule has 0 aliphatic heterocycles. The molecule has 1 rings (SSSR count). The Morgan fingerprint density at radius 1 is 1.38 bits per heavy atom. The van der Waals surface area contributed by atoms with Crippen LogP contribution in [0.2, 0.25) is 0 Å². The minimum Gasteiger partial charge on any atom is -0.339 e. The third-order valence-electron chi connectivity index (χ3n) is 2.31. The van der Waals surface area contributed by atoms with Crippen molar-refractivity contribution in [1.29, 1.82) is 0 Å². The Bertz CT molecular complexity index is 309. The Morgan fingerprint density at radius 2 is 2.06 bits per heavy atom. The van der Waals surface area contributed by atoms with E-state index in [0.29, 0.717) is 17.6 Å². The number of nitrogens with two attached hydrogens (primary N) is 1. The predicted molar refractivity (Wildman–Crippen MR) is 62.9 cm³/mol. The zero-order chi connectivity index (χ0) is 12.1. The normalized spacial score (nSPS) is 13.7. The van der Waals surface area contributed by atoms with Crippen LogP contribution in [0.3, 0.4) is 0 Å². The molecular formula is C11H22N4O. The number of nitrogens with zero attached hydrogens (tertiary/aromatic N) is 3. The zero-order valence-electron chi connectivity index (χ0n) is 10.6. The van der Waals surface area contributed by atoms with Crippen LogP contribution in [0.5, 0.6) is 0 Å². The van der Waals surface area contributed by atoms with E-state index in [1.807, 2.05) is 19.0 Å². The van der Waals surface area contributed by atoms with E-state index >= 15 is 0 Å². The van der Waals surface area contributed by atoms with Crippen LogP contribution in [0.4, 0.5) is 0 Å². The van der Waals surface area contributed by atoms with Gasteiger partial charge in [0.2, 0.25) is 5.89 Å². The van der Waals surface area contributed by atoms with Crippen LogP contribution in [-0.2, 0) is 6.42 Å². The van der Waals surface area contributed by atoms with Gasteiger partial charge in [-0.15, -0.1) is 0 Å². The fraction of sp³-hybridized carbons (Fsp3) is 0.818. The third-order valence-corrected chi connectivity index (χ3v) is 2.31. The molecule has 1 aromatic rings. The highest BCUT2D eigenvalue weighted by atomic mass is 16.5. The fourth-order valence-electron chi connectivity index (χ4n) is 1.41. The van der Waals surface area contributed by atoms with E-state index in [1.165, 1.54) is 0 Å². The first kappa shape index (κ1) is 13.1. The fourth-order valence-corrected chi connectivity index (χ4v) is 1.41. The van der Waals surface area contributed by atoms with Crippen molar-refractivity contribution >= 4 is 0 Å². The van der Waals surface area contributed by atoms with E-state index in [1.54, 1.807) is 0 Å². The van der Waals surface area contributed by atoms with Gasteiger partial charge in [-0.2, -0.15) is 4.98 Å². The quantitative estimate of drug-likeness (QED) is 0.790. The molecule has 92 valence electrons. The maximum absolute atomic E-state index is 5.94. The Balaban J connectivity index is 2.50. The molecule has 0 saturated heterocycles. The lowest BCUT2D eigenvalue weighted by atomic mass is 10.1. The second-order valence-electron chi connectivity index (χ2n) is 4.85. The van der Waals surface area contributed by atoms with Crippen LogP contribution in [0.1, 0.15) is 38.0 Å². The summed E-state index contributed by atoms with van der Waals surface area (Å²) in [6, 6.07) is -0.174. The van der Waals surface area contributed by atoms with E-state index in [2.05, 4.69) is 24.0 Å². The van der Waals surface area contributed by atoms with Gasteiger partial charge in [0.15, 0.2) is 5.82 Å². The van der Waals surface area contributed by atoms with Crippen molar-refractivity contribution in [1.82, 2.24) is 15.0 Å². The van der Waals surface area contributed by atoms with Crippen LogP contribution in [0.25, 0.3) is 0 Å². The number of aromatic nitrogens is 2. The average molecular weight is 226 g/mol. The molecule has 1 unspecified atom stereocenters. The van der Waals surface area contributed by atoms with E-state index in [9.17, 15) is 0 Å². The summed E-state index contributed by atoms with van der Waals surface area (Å²) in [5.74, 6) is 1.94. The summed E-state index contributed by atoms with van der Waals surface area (Å²) in [7, 11) is 3.94. The van der Waals surface area contributed by atoms with Crippen LogP contribution >= 0.6 is 0 Å². The standard InChI is InChI=1S/C11H22N4O/c1-8(2)5-6-10-13-11(14-16-10)9(12)7-15(3)4/h8-9H,5-7,12H2,1-4H3. The maximum Gasteiger partial charge on any atom is 0.226 e. The van der Waals surface area contributed by atoms with E-state index < -0.39 is 0 Å². The highest BCUT2D eigenvalue weighted by Gasteiger charge is 2.14. The summed E-state index contributed by atoms with van der Waals surface area (Å²) in [5.41, 5.74) is 5.94. The zero-order valence-corrected chi connectivity index (χ0v) is 10.6. The van der Waals surface area contributed by atoms with Gasteiger partial charge >= 0.3 is 0 Å². The maximum atomic E-state index is 5.94. The lowest BCUT2D eigenvalue weighted by Gasteiger charge is -2.12. The first-order chi connectivity index (χ1) is 7.49. The smallest absolute Gasteiger partial charge is 0.226 e. The van der Waals surface area contributed by atoms with Crippen molar-refractivity contribution in [3.05, 3.63) is 11.7 Å². The lowest BCUT2D eigenvalue weighted by Crippen LogP contribution is -2.26. The number of aryl methyl sites for hydroxylation is 1. The lowest BCUT2D eigenvalue weighted by molar-refractivity contribution is 0.343. The number of likely N-dealkylation sites (N-methyl/N-ethyl adjacent to an activating group) is 1. The highest BCUT2D eigenvalue weighted by molar-refractivity contribution is 4.94. The van der Waals surface area contributed by atoms with Crippen LogP contribution in [0, 0.1) is 5.92 Å². The monoisotopic (exact) mass is 226 g/mol. The van der Waals surface area contributed by atoms with Crippen molar-refractivity contribution in [2.24, 2.45) is 11.7 Å². The van der Waals surface area contributed by atoms with Crippen LogP contribution < -0.4 is 5.73 Å². The largest absolute Gasteiger partial charge is 0.339 e. The molecule has 5 nitrogen and oxygen atoms in total. The van der Waals surface area contributed by atoms with Gasteiger partial charge in [-0.05, 0) is 26.4 Å². The second-order valence-corrected chi connectivity index (χ2v) is 4.85. The van der Waals surface area contributed by atoms with Gasteiger partial charge in [0, 0.05) is 13.0 Å². The Hall–Kier alpha value is -0.940. The molecule has 1 atom stereocenters. The van der Waals surface area contributed by atoms with E-state index in [4.69, 9.17) is 10.3 Å². The minimum absolute atomic E-state index is 0.174. The van der Waals surface area contributed by atoms with Crippen molar-refractivity contribution in [3.8, 4) is 0 Å². The molecular weight excluding hydrogens is 204 g/mol. The summed E-state index contributed by atoms with van der Waals surface area (Å²) in [4.78, 5) is 6.31. The van der Waals surface area contributed by atoms with Crippen molar-refractivity contribution < 1.29 is 4.52 Å². The van der Waals surface area contributed by atoms with Crippen molar-refractivity contribution in [2.45, 2.75) is 32.7 Å². The molecule has 2 N–H and O–H groups in total. The van der Waals surface area contributed by atoms with Crippen molar-refractivity contribution in [3.63, 3.8) is 0 Å². The molecule has 1 heterocycles. The molecule has 0 aliphatic carbocycles. The molecule has 16 heavy (non-hydrogen) atoms. The Kier molecular flexibility index (Phi) is 4.89. The molecule has 1 aromatic heterocycles.